The summed E-state index contributed by atoms with van der Waals surface area (Å²) in [6.45, 7) is 1.67. The largest absolute Gasteiger partial charge is 0.468 e. The molecule has 1 N–H and O–H groups in total. The summed E-state index contributed by atoms with van der Waals surface area (Å²) >= 11 is 0. The molecule has 2 aliphatic rings. The predicted molar refractivity (Wildman–Crippen MR) is 83.2 cm³/mol. The molecular formula is C17H31NO3. The van der Waals surface area contributed by atoms with Gasteiger partial charge in [-0.05, 0) is 51.0 Å². The quantitative estimate of drug-likeness (QED) is 0.580. The lowest BCUT2D eigenvalue weighted by Gasteiger charge is -2.32. The van der Waals surface area contributed by atoms with Gasteiger partial charge in [0.2, 0.25) is 0 Å². The average Bonchev–Trinajstić information content (AvgIpc) is 2.96. The number of hydrogen-bond donors (Lipinski definition) is 1. The fourth-order valence-corrected chi connectivity index (χ4v) is 4.18. The summed E-state index contributed by atoms with van der Waals surface area (Å²) in [5.41, 5.74) is -0.483. The first-order valence-corrected chi connectivity index (χ1v) is 8.58. The maximum Gasteiger partial charge on any atom is 0.326 e. The topological polar surface area (TPSA) is 47.6 Å². The van der Waals surface area contributed by atoms with Gasteiger partial charge in [-0.3, -0.25) is 4.79 Å². The first-order valence-electron chi connectivity index (χ1n) is 8.58. The van der Waals surface area contributed by atoms with Crippen LogP contribution in [0.3, 0.4) is 0 Å². The highest BCUT2D eigenvalue weighted by Crippen LogP contribution is 2.38. The van der Waals surface area contributed by atoms with Crippen molar-refractivity contribution in [3.05, 3.63) is 0 Å². The van der Waals surface area contributed by atoms with Crippen LogP contribution in [0.15, 0.2) is 0 Å². The minimum atomic E-state index is -0.483. The maximum atomic E-state index is 12.1. The normalized spacial score (nSPS) is 30.5. The minimum Gasteiger partial charge on any atom is -0.468 e. The van der Waals surface area contributed by atoms with E-state index in [9.17, 15) is 4.79 Å². The molecule has 0 spiro atoms. The lowest BCUT2D eigenvalue weighted by molar-refractivity contribution is -0.150. The van der Waals surface area contributed by atoms with Gasteiger partial charge >= 0.3 is 5.97 Å². The number of carbonyl (C=O) groups is 1. The molecule has 2 rings (SSSR count). The molecule has 2 fully saturated rings. The molecule has 0 aliphatic heterocycles. The van der Waals surface area contributed by atoms with Crippen molar-refractivity contribution < 1.29 is 14.3 Å². The monoisotopic (exact) mass is 297 g/mol. The van der Waals surface area contributed by atoms with Crippen molar-refractivity contribution >= 4 is 5.97 Å². The van der Waals surface area contributed by atoms with Gasteiger partial charge in [-0.15, -0.1) is 0 Å². The first-order chi connectivity index (χ1) is 10.2. The Kier molecular flexibility index (Phi) is 6.49. The number of likely N-dealkylation sites (N-methyl/N-ethyl adjacent to an activating group) is 1. The van der Waals surface area contributed by atoms with E-state index in [0.717, 1.165) is 44.8 Å². The van der Waals surface area contributed by atoms with Gasteiger partial charge < -0.3 is 14.8 Å². The van der Waals surface area contributed by atoms with Crippen molar-refractivity contribution in [2.75, 3.05) is 27.4 Å². The highest BCUT2D eigenvalue weighted by atomic mass is 16.5. The van der Waals surface area contributed by atoms with Crippen LogP contribution in [0, 0.1) is 11.8 Å². The molecule has 4 nitrogen and oxygen atoms in total. The number of rotatable bonds is 7. The summed E-state index contributed by atoms with van der Waals surface area (Å²) in [6.07, 6.45) is 10.8. The third-order valence-corrected chi connectivity index (χ3v) is 5.51. The molecule has 4 heteroatoms. The zero-order valence-electron chi connectivity index (χ0n) is 13.7. The number of carbonyl (C=O) groups excluding carboxylic acids is 1. The minimum absolute atomic E-state index is 0.111. The van der Waals surface area contributed by atoms with Crippen molar-refractivity contribution in [1.82, 2.24) is 5.32 Å². The van der Waals surface area contributed by atoms with Crippen LogP contribution in [0.5, 0.6) is 0 Å². The second kappa shape index (κ2) is 8.14. The Hall–Kier alpha value is -0.610. The molecule has 122 valence electrons. The molecule has 0 saturated heterocycles. The van der Waals surface area contributed by atoms with Crippen molar-refractivity contribution in [1.29, 1.82) is 0 Å². The average molecular weight is 297 g/mol. The number of hydrogen-bond acceptors (Lipinski definition) is 4. The van der Waals surface area contributed by atoms with Crippen LogP contribution >= 0.6 is 0 Å². The Morgan fingerprint density at radius 2 is 1.95 bits per heavy atom. The van der Waals surface area contributed by atoms with E-state index in [1.807, 2.05) is 7.05 Å². The van der Waals surface area contributed by atoms with Crippen LogP contribution < -0.4 is 5.32 Å². The summed E-state index contributed by atoms with van der Waals surface area (Å²) in [7, 11) is 3.36. The molecule has 0 aromatic carbocycles. The van der Waals surface area contributed by atoms with E-state index in [1.54, 1.807) is 0 Å². The number of esters is 1. The van der Waals surface area contributed by atoms with Gasteiger partial charge in [0, 0.05) is 13.2 Å². The van der Waals surface area contributed by atoms with Crippen LogP contribution in [0.2, 0.25) is 0 Å². The second-order valence-electron chi connectivity index (χ2n) is 6.67. The smallest absolute Gasteiger partial charge is 0.326 e. The molecule has 0 bridgehead atoms. The molecule has 2 atom stereocenters. The van der Waals surface area contributed by atoms with E-state index in [-0.39, 0.29) is 5.97 Å². The molecule has 21 heavy (non-hydrogen) atoms. The van der Waals surface area contributed by atoms with E-state index in [0.29, 0.717) is 5.92 Å². The SMILES string of the molecule is CNC1(C(=O)OC)CCCC1CCOCC1CCCCC1. The molecule has 0 radical (unpaired) electrons. The van der Waals surface area contributed by atoms with E-state index < -0.39 is 5.54 Å². The van der Waals surface area contributed by atoms with E-state index in [2.05, 4.69) is 5.32 Å². The summed E-state index contributed by atoms with van der Waals surface area (Å²) in [5.74, 6) is 0.984. The van der Waals surface area contributed by atoms with E-state index in [4.69, 9.17) is 9.47 Å². The van der Waals surface area contributed by atoms with E-state index in [1.165, 1.54) is 39.2 Å². The van der Waals surface area contributed by atoms with Gasteiger partial charge in [0.1, 0.15) is 5.54 Å². The summed E-state index contributed by atoms with van der Waals surface area (Å²) in [5, 5.41) is 3.24. The molecule has 2 unspecified atom stereocenters. The molecule has 0 aromatic rings. The molecular weight excluding hydrogens is 266 g/mol. The Morgan fingerprint density at radius 1 is 1.19 bits per heavy atom. The molecule has 2 aliphatic carbocycles. The van der Waals surface area contributed by atoms with Crippen molar-refractivity contribution in [2.45, 2.75) is 63.3 Å². The maximum absolute atomic E-state index is 12.1. The number of methoxy groups -OCH3 is 1. The fraction of sp³-hybridized carbons (Fsp3) is 0.941. The highest BCUT2D eigenvalue weighted by molar-refractivity contribution is 5.81. The zero-order valence-corrected chi connectivity index (χ0v) is 13.7. The summed E-state index contributed by atoms with van der Waals surface area (Å²) in [4.78, 5) is 12.1. The Balaban J connectivity index is 1.74. The first kappa shape index (κ1) is 16.8. The van der Waals surface area contributed by atoms with Crippen molar-refractivity contribution in [3.8, 4) is 0 Å². The lowest BCUT2D eigenvalue weighted by atomic mass is 9.85. The third-order valence-electron chi connectivity index (χ3n) is 5.51. The van der Waals surface area contributed by atoms with Gasteiger partial charge in [0.25, 0.3) is 0 Å². The van der Waals surface area contributed by atoms with Gasteiger partial charge in [-0.1, -0.05) is 25.7 Å². The van der Waals surface area contributed by atoms with Crippen LogP contribution in [0.4, 0.5) is 0 Å². The Bertz CT molecular complexity index is 328. The van der Waals surface area contributed by atoms with Crippen LogP contribution in [0.1, 0.15) is 57.8 Å². The van der Waals surface area contributed by atoms with Crippen molar-refractivity contribution in [2.24, 2.45) is 11.8 Å². The van der Waals surface area contributed by atoms with Crippen molar-refractivity contribution in [3.63, 3.8) is 0 Å². The molecule has 2 saturated carbocycles. The van der Waals surface area contributed by atoms with Crippen LogP contribution in [-0.2, 0) is 14.3 Å². The zero-order chi connectivity index (χ0) is 15.1. The predicted octanol–water partition coefficient (Wildman–Crippen LogP) is 2.90. The van der Waals surface area contributed by atoms with Gasteiger partial charge in [0.15, 0.2) is 0 Å². The molecule has 0 aromatic heterocycles. The summed E-state index contributed by atoms with van der Waals surface area (Å²) < 4.78 is 10.9. The second-order valence-corrected chi connectivity index (χ2v) is 6.67. The Morgan fingerprint density at radius 3 is 2.62 bits per heavy atom. The third kappa shape index (κ3) is 3.98. The Labute approximate surface area is 129 Å². The number of ether oxygens (including phenoxy) is 2. The van der Waals surface area contributed by atoms with E-state index >= 15 is 0 Å². The molecule has 0 amide bonds. The lowest BCUT2D eigenvalue weighted by Crippen LogP contribution is -2.54. The summed E-state index contributed by atoms with van der Waals surface area (Å²) in [6, 6.07) is 0. The van der Waals surface area contributed by atoms with Crippen LogP contribution in [-0.4, -0.2) is 38.9 Å². The van der Waals surface area contributed by atoms with Gasteiger partial charge in [-0.25, -0.2) is 0 Å². The molecule has 0 heterocycles. The fourth-order valence-electron chi connectivity index (χ4n) is 4.18. The standard InChI is InChI=1S/C17H31NO3/c1-18-17(16(19)20-2)11-6-9-15(17)10-12-21-13-14-7-4-3-5-8-14/h14-15,18H,3-13H2,1-2H3. The van der Waals surface area contributed by atoms with Gasteiger partial charge in [-0.2, -0.15) is 0 Å². The highest BCUT2D eigenvalue weighted by Gasteiger charge is 2.48. The van der Waals surface area contributed by atoms with Crippen LogP contribution in [0.25, 0.3) is 0 Å². The van der Waals surface area contributed by atoms with Gasteiger partial charge in [0.05, 0.1) is 7.11 Å². The number of nitrogens with one attached hydrogen (secondary N) is 1.